The number of likely N-dealkylation sites (N-methyl/N-ethyl adjacent to an activating group) is 2. The molecule has 44 heavy (non-hydrogen) atoms. The van der Waals surface area contributed by atoms with E-state index in [4.69, 9.17) is 22.9 Å². The summed E-state index contributed by atoms with van der Waals surface area (Å²) in [6.45, 7) is 2.65. The second-order valence-electron chi connectivity index (χ2n) is 10.3. The topological polar surface area (TPSA) is 123 Å². The van der Waals surface area contributed by atoms with Crippen molar-refractivity contribution < 1.29 is 27.3 Å². The lowest BCUT2D eigenvalue weighted by Crippen LogP contribution is -2.29. The Kier molecular flexibility index (Phi) is 9.60. The number of methoxy groups -OCH3 is 1. The maximum Gasteiger partial charge on any atom is 0.340 e. The second kappa shape index (κ2) is 14.7. The number of para-hydroxylation sites is 1. The number of carbonyl (C=O) groups is 1. The molecule has 0 bridgehead atoms. The van der Waals surface area contributed by atoms with Crippen molar-refractivity contribution in [3.8, 4) is 17.0 Å². The highest BCUT2D eigenvalue weighted by Crippen LogP contribution is 2.48. The molecule has 4 rings (SSSR count). The number of aryl methyl sites for hydroxylation is 1. The van der Waals surface area contributed by atoms with Crippen molar-refractivity contribution in [3.63, 3.8) is 0 Å². The maximum atomic E-state index is 13.2. The van der Waals surface area contributed by atoms with Crippen LogP contribution in [-0.4, -0.2) is 86.1 Å². The number of fused-ring (bicyclic) bond motifs is 1. The SMILES string of the molecule is [2H]C([2H])([2H])n1cc(-c2ccnc(Nc3cc(NC(=O)CP(=O)(OCC)OCC)c(N(C)CCN(C)C)cc3OC)n2)c2ccccc21. The number of benzene rings is 2. The lowest BCUT2D eigenvalue weighted by atomic mass is 10.1. The van der Waals surface area contributed by atoms with Crippen LogP contribution in [0.4, 0.5) is 23.0 Å². The van der Waals surface area contributed by atoms with Gasteiger partial charge in [-0.25, -0.2) is 9.97 Å². The molecule has 0 radical (unpaired) electrons. The summed E-state index contributed by atoms with van der Waals surface area (Å²) in [5.74, 6) is 0.129. The van der Waals surface area contributed by atoms with Gasteiger partial charge in [0, 0.05) is 66.2 Å². The quantitative estimate of drug-likeness (QED) is 0.162. The molecule has 2 N–H and O–H groups in total. The molecule has 1 amide bonds. The molecule has 2 aromatic carbocycles. The number of ether oxygens (including phenoxy) is 1. The van der Waals surface area contributed by atoms with Crippen LogP contribution in [0, 0.1) is 0 Å². The summed E-state index contributed by atoms with van der Waals surface area (Å²) in [7, 11) is 3.72. The summed E-state index contributed by atoms with van der Waals surface area (Å²) in [6.07, 6.45) is 2.68. The monoisotopic (exact) mass is 626 g/mol. The number of hydrogen-bond donors (Lipinski definition) is 2. The zero-order valence-corrected chi connectivity index (χ0v) is 26.9. The van der Waals surface area contributed by atoms with Crippen molar-refractivity contribution in [2.24, 2.45) is 6.98 Å². The average Bonchev–Trinajstić information content (AvgIpc) is 3.41. The third-order valence-electron chi connectivity index (χ3n) is 6.76. The van der Waals surface area contributed by atoms with Crippen LogP contribution >= 0.6 is 7.60 Å². The van der Waals surface area contributed by atoms with E-state index in [1.165, 1.54) is 11.7 Å². The van der Waals surface area contributed by atoms with Gasteiger partial charge in [0.15, 0.2) is 0 Å². The average molecular weight is 627 g/mol. The van der Waals surface area contributed by atoms with Crippen LogP contribution in [-0.2, 0) is 25.4 Å². The molecule has 0 saturated heterocycles. The van der Waals surface area contributed by atoms with Gasteiger partial charge in [-0.1, -0.05) is 18.2 Å². The number of nitrogens with zero attached hydrogens (tertiary/aromatic N) is 5. The highest BCUT2D eigenvalue weighted by Gasteiger charge is 2.28. The Morgan fingerprint density at radius 1 is 1.07 bits per heavy atom. The van der Waals surface area contributed by atoms with Gasteiger partial charge >= 0.3 is 7.60 Å². The largest absolute Gasteiger partial charge is 0.494 e. The highest BCUT2D eigenvalue weighted by molar-refractivity contribution is 7.54. The van der Waals surface area contributed by atoms with Crippen LogP contribution in [0.2, 0.25) is 0 Å². The Balaban J connectivity index is 1.72. The Hall–Kier alpha value is -3.96. The van der Waals surface area contributed by atoms with Gasteiger partial charge in [-0.05, 0) is 46.1 Å². The van der Waals surface area contributed by atoms with E-state index in [1.807, 2.05) is 43.1 Å². The van der Waals surface area contributed by atoms with Gasteiger partial charge in [-0.3, -0.25) is 9.36 Å². The first-order chi connectivity index (χ1) is 22.3. The third-order valence-corrected chi connectivity index (χ3v) is 8.74. The molecule has 0 unspecified atom stereocenters. The predicted octanol–water partition coefficient (Wildman–Crippen LogP) is 5.59. The molecular formula is C31H42N7O5P. The molecule has 0 atom stereocenters. The van der Waals surface area contributed by atoms with Crippen molar-refractivity contribution >= 4 is 47.4 Å². The first-order valence-corrected chi connectivity index (χ1v) is 16.0. The van der Waals surface area contributed by atoms with E-state index in [1.54, 1.807) is 56.6 Å². The van der Waals surface area contributed by atoms with E-state index < -0.39 is 26.6 Å². The predicted molar refractivity (Wildman–Crippen MR) is 176 cm³/mol. The zero-order valence-electron chi connectivity index (χ0n) is 29.0. The number of rotatable bonds is 15. The summed E-state index contributed by atoms with van der Waals surface area (Å²) >= 11 is 0. The number of amides is 1. The number of carbonyl (C=O) groups excluding carboxylic acids is 1. The van der Waals surface area contributed by atoms with Crippen LogP contribution in [0.15, 0.2) is 54.9 Å². The van der Waals surface area contributed by atoms with Crippen molar-refractivity contribution in [2.75, 3.05) is 76.3 Å². The second-order valence-corrected chi connectivity index (χ2v) is 12.3. The maximum absolute atomic E-state index is 13.2. The highest BCUT2D eigenvalue weighted by atomic mass is 31.2. The minimum Gasteiger partial charge on any atom is -0.494 e. The smallest absolute Gasteiger partial charge is 0.340 e. The lowest BCUT2D eigenvalue weighted by Gasteiger charge is -2.26. The fourth-order valence-corrected chi connectivity index (χ4v) is 6.16. The molecule has 12 nitrogen and oxygen atoms in total. The first kappa shape index (κ1) is 28.8. The van der Waals surface area contributed by atoms with E-state index in [-0.39, 0.29) is 19.2 Å². The van der Waals surface area contributed by atoms with Crippen molar-refractivity contribution in [1.82, 2.24) is 19.4 Å². The molecule has 13 heteroatoms. The van der Waals surface area contributed by atoms with Crippen molar-refractivity contribution in [1.29, 1.82) is 0 Å². The van der Waals surface area contributed by atoms with Gasteiger partial charge in [0.25, 0.3) is 0 Å². The van der Waals surface area contributed by atoms with E-state index in [2.05, 4.69) is 15.6 Å². The molecule has 0 saturated carbocycles. The molecular weight excluding hydrogens is 581 g/mol. The summed E-state index contributed by atoms with van der Waals surface area (Å²) in [6, 6.07) is 12.4. The molecule has 0 aliphatic carbocycles. The molecule has 4 aromatic rings. The van der Waals surface area contributed by atoms with Crippen molar-refractivity contribution in [2.45, 2.75) is 13.8 Å². The fraction of sp³-hybridized carbons (Fsp3) is 0.387. The molecule has 0 aliphatic rings. The zero-order chi connectivity index (χ0) is 34.4. The molecule has 2 aromatic heterocycles. The van der Waals surface area contributed by atoms with E-state index in [0.717, 1.165) is 11.9 Å². The third kappa shape index (κ3) is 7.95. The molecule has 0 aliphatic heterocycles. The minimum absolute atomic E-state index is 0.134. The minimum atomic E-state index is -3.65. The van der Waals surface area contributed by atoms with Crippen LogP contribution < -0.4 is 20.3 Å². The molecule has 2 heterocycles. The van der Waals surface area contributed by atoms with Crippen LogP contribution in [0.3, 0.4) is 0 Å². The molecule has 0 spiro atoms. The number of nitrogens with one attached hydrogen (secondary N) is 2. The van der Waals surface area contributed by atoms with E-state index >= 15 is 0 Å². The van der Waals surface area contributed by atoms with Gasteiger partial charge in [-0.2, -0.15) is 0 Å². The summed E-state index contributed by atoms with van der Waals surface area (Å²) in [5.41, 5.74) is 3.25. The summed E-state index contributed by atoms with van der Waals surface area (Å²) < 4.78 is 54.7. The fourth-order valence-electron chi connectivity index (χ4n) is 4.68. The number of hydrogen-bond acceptors (Lipinski definition) is 10. The number of anilines is 4. The van der Waals surface area contributed by atoms with Crippen LogP contribution in [0.5, 0.6) is 5.75 Å². The van der Waals surface area contributed by atoms with Gasteiger partial charge in [0.05, 0.1) is 43.1 Å². The Morgan fingerprint density at radius 2 is 1.82 bits per heavy atom. The Labute approximate surface area is 263 Å². The molecule has 0 fully saturated rings. The normalized spacial score (nSPS) is 12.9. The summed E-state index contributed by atoms with van der Waals surface area (Å²) in [5, 5.41) is 6.81. The van der Waals surface area contributed by atoms with Gasteiger partial charge in [-0.15, -0.1) is 0 Å². The summed E-state index contributed by atoms with van der Waals surface area (Å²) in [4.78, 5) is 26.3. The lowest BCUT2D eigenvalue weighted by molar-refractivity contribution is -0.114. The van der Waals surface area contributed by atoms with Gasteiger partial charge < -0.3 is 38.8 Å². The standard InChI is InChI=1S/C31H42N7O5P/c1-8-42-44(40,43-9-2)21-30(39)33-25-18-26(29(41-7)19-28(25)37(5)17-16-36(3)4)35-31-32-15-14-24(34-31)23-20-38(6)27-13-11-10-12-22(23)27/h10-15,18-20H,8-9,16-17,21H2,1-7H3,(H,33,39)(H,32,34,35)/i6D3. The van der Waals surface area contributed by atoms with Crippen LogP contribution in [0.1, 0.15) is 18.0 Å². The first-order valence-electron chi connectivity index (χ1n) is 15.8. The van der Waals surface area contributed by atoms with Gasteiger partial charge in [0.1, 0.15) is 11.9 Å². The Morgan fingerprint density at radius 3 is 2.50 bits per heavy atom. The van der Waals surface area contributed by atoms with E-state index in [9.17, 15) is 9.36 Å². The Bertz CT molecular complexity index is 1740. The van der Waals surface area contributed by atoms with Gasteiger partial charge in [0.2, 0.25) is 11.9 Å². The van der Waals surface area contributed by atoms with Crippen molar-refractivity contribution in [3.05, 3.63) is 54.9 Å². The molecule has 236 valence electrons. The van der Waals surface area contributed by atoms with E-state index in [0.29, 0.717) is 46.1 Å². The van der Waals surface area contributed by atoms with Crippen LogP contribution in [0.25, 0.3) is 22.2 Å². The number of aromatic nitrogens is 3.